The second-order valence-electron chi connectivity index (χ2n) is 6.44. The van der Waals surface area contributed by atoms with Crippen LogP contribution >= 0.6 is 23.2 Å². The lowest BCUT2D eigenvalue weighted by Crippen LogP contribution is -2.30. The Labute approximate surface area is 187 Å². The molecule has 30 heavy (non-hydrogen) atoms. The van der Waals surface area contributed by atoms with Crippen molar-refractivity contribution in [2.24, 2.45) is 0 Å². The number of aromatic nitrogens is 2. The zero-order valence-corrected chi connectivity index (χ0v) is 18.6. The van der Waals surface area contributed by atoms with Crippen LogP contribution in [0.3, 0.4) is 0 Å². The van der Waals surface area contributed by atoms with Gasteiger partial charge in [0.2, 0.25) is 0 Å². The molecule has 0 spiro atoms. The summed E-state index contributed by atoms with van der Waals surface area (Å²) >= 11 is 11.8. The molecule has 1 amide bonds. The molecule has 0 aliphatic carbocycles. The molecule has 6 nitrogen and oxygen atoms in total. The first kappa shape index (κ1) is 23.6. The van der Waals surface area contributed by atoms with Crippen LogP contribution in [-0.2, 0) is 11.3 Å². The zero-order valence-electron chi connectivity index (χ0n) is 17.1. The van der Waals surface area contributed by atoms with E-state index in [4.69, 9.17) is 27.9 Å². The maximum atomic E-state index is 11.9. The quantitative estimate of drug-likeness (QED) is 0.393. The van der Waals surface area contributed by atoms with Crippen molar-refractivity contribution in [2.45, 2.75) is 19.9 Å². The number of likely N-dealkylation sites (N-methyl/N-ethyl adjacent to an activating group) is 1. The Morgan fingerprint density at radius 3 is 2.83 bits per heavy atom. The van der Waals surface area contributed by atoms with E-state index in [1.165, 1.54) is 0 Å². The van der Waals surface area contributed by atoms with E-state index in [0.717, 1.165) is 23.3 Å². The summed E-state index contributed by atoms with van der Waals surface area (Å²) < 4.78 is 7.27. The number of allylic oxidation sites excluding steroid dienone is 4. The monoisotopic (exact) mass is 448 g/mol. The Hall–Kier alpha value is -2.70. The van der Waals surface area contributed by atoms with Crippen LogP contribution in [0, 0.1) is 0 Å². The summed E-state index contributed by atoms with van der Waals surface area (Å²) in [5, 5.41) is 11.1. The Bertz CT molecular complexity index is 935. The molecule has 1 heterocycles. The average Bonchev–Trinajstić information content (AvgIpc) is 3.20. The second kappa shape index (κ2) is 12.1. The Balaban J connectivity index is 1.76. The highest BCUT2D eigenvalue weighted by Crippen LogP contribution is 2.26. The molecule has 1 aromatic heterocycles. The van der Waals surface area contributed by atoms with Crippen molar-refractivity contribution in [3.8, 4) is 5.75 Å². The van der Waals surface area contributed by atoms with Crippen molar-refractivity contribution in [3.05, 3.63) is 76.7 Å². The van der Waals surface area contributed by atoms with Crippen LogP contribution in [0.2, 0.25) is 10.0 Å². The molecule has 0 aliphatic rings. The van der Waals surface area contributed by atoms with Crippen molar-refractivity contribution >= 4 is 34.7 Å². The van der Waals surface area contributed by atoms with E-state index < -0.39 is 0 Å². The average molecular weight is 449 g/mol. The molecule has 0 radical (unpaired) electrons. The maximum absolute atomic E-state index is 11.9. The summed E-state index contributed by atoms with van der Waals surface area (Å²) in [6, 6.07) is 4.87. The highest BCUT2D eigenvalue weighted by Gasteiger charge is 2.06. The second-order valence-corrected chi connectivity index (χ2v) is 7.25. The lowest BCUT2D eigenvalue weighted by molar-refractivity contribution is -0.123. The molecule has 0 atom stereocenters. The maximum Gasteiger partial charge on any atom is 0.257 e. The van der Waals surface area contributed by atoms with E-state index in [1.807, 2.05) is 49.3 Å². The summed E-state index contributed by atoms with van der Waals surface area (Å²) in [6.07, 6.45) is 10.5. The van der Waals surface area contributed by atoms with Gasteiger partial charge in [-0.05, 0) is 37.1 Å². The molecule has 2 rings (SSSR count). The Kier molecular flexibility index (Phi) is 9.51. The zero-order chi connectivity index (χ0) is 21.9. The topological polar surface area (TPSA) is 68.2 Å². The number of carbonyl (C=O) groups is 1. The minimum atomic E-state index is -0.203. The molecule has 0 fully saturated rings. The van der Waals surface area contributed by atoms with Gasteiger partial charge in [0.25, 0.3) is 5.91 Å². The minimum absolute atomic E-state index is 0.0866. The molecule has 0 bridgehead atoms. The van der Waals surface area contributed by atoms with Crippen LogP contribution in [0.1, 0.15) is 18.9 Å². The van der Waals surface area contributed by atoms with Gasteiger partial charge in [0, 0.05) is 43.7 Å². The lowest BCUT2D eigenvalue weighted by Gasteiger charge is -2.08. The fourth-order valence-electron chi connectivity index (χ4n) is 2.54. The van der Waals surface area contributed by atoms with Crippen LogP contribution in [0.25, 0.3) is 5.57 Å². The molecule has 2 N–H and O–H groups in total. The molecule has 8 heteroatoms. The molecule has 0 saturated carbocycles. The number of benzene rings is 1. The molecule has 0 aliphatic heterocycles. The Morgan fingerprint density at radius 1 is 1.33 bits per heavy atom. The van der Waals surface area contributed by atoms with E-state index in [-0.39, 0.29) is 12.5 Å². The summed E-state index contributed by atoms with van der Waals surface area (Å²) in [6.45, 7) is 7.02. The van der Waals surface area contributed by atoms with Gasteiger partial charge in [-0.1, -0.05) is 41.9 Å². The lowest BCUT2D eigenvalue weighted by atomic mass is 10.1. The highest BCUT2D eigenvalue weighted by molar-refractivity contribution is 6.42. The van der Waals surface area contributed by atoms with Gasteiger partial charge in [0.1, 0.15) is 5.75 Å². The first-order chi connectivity index (χ1) is 14.4. The van der Waals surface area contributed by atoms with Gasteiger partial charge in [-0.15, -0.1) is 0 Å². The standard InChI is InChI=1S/C22H26Cl2N4O2/c1-4-6-17(11-16(2)25-3)18-13-27-28(14-18)10-5-9-26-22(29)15-30-19-7-8-20(23)21(24)12-19/h4,6-8,11-14,25H,2,5,9-10,15H2,1,3H3,(H,26,29)/b6-4-,17-11+. The fraction of sp³-hybridized carbons (Fsp3) is 0.273. The number of carbonyl (C=O) groups excluding carboxylic acids is 1. The van der Waals surface area contributed by atoms with Crippen LogP contribution in [0.5, 0.6) is 5.75 Å². The van der Waals surface area contributed by atoms with Gasteiger partial charge in [0.05, 0.1) is 16.2 Å². The number of rotatable bonds is 11. The van der Waals surface area contributed by atoms with Crippen molar-refractivity contribution in [1.29, 1.82) is 0 Å². The van der Waals surface area contributed by atoms with Crippen molar-refractivity contribution < 1.29 is 9.53 Å². The number of hydrogen-bond donors (Lipinski definition) is 2. The molecule has 0 saturated heterocycles. The number of amides is 1. The fourth-order valence-corrected chi connectivity index (χ4v) is 2.83. The Morgan fingerprint density at radius 2 is 2.13 bits per heavy atom. The van der Waals surface area contributed by atoms with E-state index >= 15 is 0 Å². The van der Waals surface area contributed by atoms with Crippen LogP contribution < -0.4 is 15.4 Å². The summed E-state index contributed by atoms with van der Waals surface area (Å²) in [4.78, 5) is 11.9. The number of nitrogens with zero attached hydrogens (tertiary/aromatic N) is 2. The van der Waals surface area contributed by atoms with E-state index in [2.05, 4.69) is 22.3 Å². The molecule has 2 aromatic rings. The SMILES string of the molecule is C=C(/C=C(\C=C/C)c1cnn(CCCNC(=O)COc2ccc(Cl)c(Cl)c2)c1)NC. The van der Waals surface area contributed by atoms with E-state index in [0.29, 0.717) is 28.9 Å². The first-order valence-corrected chi connectivity index (χ1v) is 10.3. The van der Waals surface area contributed by atoms with Crippen LogP contribution in [0.4, 0.5) is 0 Å². The van der Waals surface area contributed by atoms with Crippen LogP contribution in [-0.4, -0.2) is 35.9 Å². The van der Waals surface area contributed by atoms with Crippen LogP contribution in [0.15, 0.2) is 61.1 Å². The minimum Gasteiger partial charge on any atom is -0.484 e. The van der Waals surface area contributed by atoms with Crippen molar-refractivity contribution in [3.63, 3.8) is 0 Å². The normalized spacial score (nSPS) is 11.5. The van der Waals surface area contributed by atoms with Gasteiger partial charge >= 0.3 is 0 Å². The van der Waals surface area contributed by atoms with Crippen molar-refractivity contribution in [2.75, 3.05) is 20.2 Å². The predicted molar refractivity (Wildman–Crippen MR) is 123 cm³/mol. The third-order valence-corrected chi connectivity index (χ3v) is 4.85. The summed E-state index contributed by atoms with van der Waals surface area (Å²) in [5.41, 5.74) is 2.85. The van der Waals surface area contributed by atoms with Crippen molar-refractivity contribution in [1.82, 2.24) is 20.4 Å². The summed E-state index contributed by atoms with van der Waals surface area (Å²) in [5.74, 6) is 0.292. The number of aryl methyl sites for hydroxylation is 1. The molecular weight excluding hydrogens is 423 g/mol. The highest BCUT2D eigenvalue weighted by atomic mass is 35.5. The number of nitrogens with one attached hydrogen (secondary N) is 2. The molecular formula is C22H26Cl2N4O2. The summed E-state index contributed by atoms with van der Waals surface area (Å²) in [7, 11) is 1.83. The molecule has 160 valence electrons. The van der Waals surface area contributed by atoms with Gasteiger partial charge in [-0.2, -0.15) is 5.10 Å². The van der Waals surface area contributed by atoms with Gasteiger partial charge < -0.3 is 15.4 Å². The largest absolute Gasteiger partial charge is 0.484 e. The third-order valence-electron chi connectivity index (χ3n) is 4.11. The molecule has 1 aromatic carbocycles. The van der Waals surface area contributed by atoms with Gasteiger partial charge in [0.15, 0.2) is 6.61 Å². The predicted octanol–water partition coefficient (Wildman–Crippen LogP) is 4.47. The molecule has 0 unspecified atom stereocenters. The van der Waals surface area contributed by atoms with Gasteiger partial charge in [-0.25, -0.2) is 0 Å². The number of ether oxygens (including phenoxy) is 1. The third kappa shape index (κ3) is 7.61. The van der Waals surface area contributed by atoms with Gasteiger partial charge in [-0.3, -0.25) is 9.48 Å². The number of hydrogen-bond acceptors (Lipinski definition) is 4. The van der Waals surface area contributed by atoms with E-state index in [9.17, 15) is 4.79 Å². The van der Waals surface area contributed by atoms with E-state index in [1.54, 1.807) is 18.2 Å². The smallest absolute Gasteiger partial charge is 0.257 e. The first-order valence-electron chi connectivity index (χ1n) is 9.51. The number of halogens is 2.